The number of unbranched alkanes of at least 4 members (excludes halogenated alkanes) is 3. The summed E-state index contributed by atoms with van der Waals surface area (Å²) in [5.74, 6) is -0.662. The van der Waals surface area contributed by atoms with Crippen LogP contribution in [0.5, 0.6) is 0 Å². The fraction of sp³-hybridized carbons (Fsp3) is 0.688. The van der Waals surface area contributed by atoms with Gasteiger partial charge in [-0.05, 0) is 66.9 Å². The molecule has 2 amide bonds. The van der Waals surface area contributed by atoms with E-state index >= 15 is 0 Å². The molecule has 0 radical (unpaired) electrons. The number of hydrogen-bond donors (Lipinski definition) is 2. The molecular weight excluding hydrogens is 570 g/mol. The Morgan fingerprint density at radius 3 is 2.26 bits per heavy atom. The van der Waals surface area contributed by atoms with E-state index in [1.165, 1.54) is 0 Å². The normalized spacial score (nSPS) is 18.4. The molecule has 1 aliphatic rings. The molecule has 43 heavy (non-hydrogen) atoms. The molecule has 2 N–H and O–H groups in total. The molecule has 2 rings (SSSR count). The molecule has 242 valence electrons. The lowest BCUT2D eigenvalue weighted by molar-refractivity contribution is -0.159. The number of esters is 2. The average Bonchev–Trinajstić information content (AvgIpc) is 3.04. The number of ether oxygens (including phenoxy) is 3. The van der Waals surface area contributed by atoms with Crippen LogP contribution in [-0.4, -0.2) is 84.1 Å². The number of rotatable bonds is 14. The summed E-state index contributed by atoms with van der Waals surface area (Å²) in [5.41, 5.74) is -0.137. The first-order chi connectivity index (χ1) is 20.2. The van der Waals surface area contributed by atoms with Crippen LogP contribution in [0.3, 0.4) is 0 Å². The number of hydrogen-bond acceptors (Lipinski definition) is 9. The van der Waals surface area contributed by atoms with Gasteiger partial charge in [0.2, 0.25) is 5.91 Å². The molecule has 1 aromatic carbocycles. The second-order valence-corrected chi connectivity index (χ2v) is 13.9. The number of nitrogens with one attached hydrogen (secondary N) is 2. The minimum Gasteiger partial charge on any atom is -0.465 e. The summed E-state index contributed by atoms with van der Waals surface area (Å²) in [7, 11) is 0. The van der Waals surface area contributed by atoms with Gasteiger partial charge >= 0.3 is 18.0 Å². The quantitative estimate of drug-likeness (QED) is 0.168. The number of benzene rings is 1. The summed E-state index contributed by atoms with van der Waals surface area (Å²) in [6, 6.07) is 8.57. The zero-order chi connectivity index (χ0) is 32.0. The highest BCUT2D eigenvalue weighted by Crippen LogP contribution is 2.33. The third kappa shape index (κ3) is 14.5. The summed E-state index contributed by atoms with van der Waals surface area (Å²) in [5, 5.41) is 6.01. The van der Waals surface area contributed by atoms with Crippen molar-refractivity contribution in [2.75, 3.05) is 32.0 Å². The fourth-order valence-corrected chi connectivity index (χ4v) is 5.89. The molecule has 0 aliphatic carbocycles. The maximum atomic E-state index is 13.8. The number of carbonyl (C=O) groups excluding carboxylic acids is 4. The molecule has 1 fully saturated rings. The summed E-state index contributed by atoms with van der Waals surface area (Å²) in [6.07, 6.45) is 3.31. The Balaban J connectivity index is 2.03. The van der Waals surface area contributed by atoms with Crippen molar-refractivity contribution in [3.63, 3.8) is 0 Å². The zero-order valence-corrected chi connectivity index (χ0v) is 27.7. The molecule has 0 spiro atoms. The first kappa shape index (κ1) is 36.4. The number of carbonyl (C=O) groups is 4. The van der Waals surface area contributed by atoms with Crippen LogP contribution in [0.2, 0.25) is 0 Å². The molecule has 1 aliphatic heterocycles. The van der Waals surface area contributed by atoms with Gasteiger partial charge in [-0.3, -0.25) is 19.7 Å². The lowest BCUT2D eigenvalue weighted by atomic mass is 10.1. The number of nitrogens with zero attached hydrogens (tertiary/aromatic N) is 1. The number of amides is 2. The van der Waals surface area contributed by atoms with Crippen molar-refractivity contribution in [2.45, 2.75) is 109 Å². The van der Waals surface area contributed by atoms with Crippen molar-refractivity contribution < 1.29 is 33.4 Å². The predicted molar refractivity (Wildman–Crippen MR) is 169 cm³/mol. The van der Waals surface area contributed by atoms with E-state index in [-0.39, 0.29) is 24.3 Å². The third-order valence-electron chi connectivity index (χ3n) is 6.43. The van der Waals surface area contributed by atoms with E-state index in [9.17, 15) is 19.2 Å². The summed E-state index contributed by atoms with van der Waals surface area (Å²) in [6.45, 7) is 13.5. The minimum absolute atomic E-state index is 0.0327. The average molecular weight is 622 g/mol. The Bertz CT molecular complexity index is 1040. The maximum Gasteiger partial charge on any atom is 0.407 e. The van der Waals surface area contributed by atoms with Crippen LogP contribution >= 0.6 is 11.8 Å². The van der Waals surface area contributed by atoms with E-state index in [1.54, 1.807) is 44.4 Å². The van der Waals surface area contributed by atoms with Gasteiger partial charge in [0, 0.05) is 24.1 Å². The van der Waals surface area contributed by atoms with E-state index in [0.29, 0.717) is 25.3 Å². The predicted octanol–water partition coefficient (Wildman–Crippen LogP) is 5.01. The van der Waals surface area contributed by atoms with Crippen LogP contribution in [0.25, 0.3) is 0 Å². The van der Waals surface area contributed by atoms with Crippen molar-refractivity contribution in [1.29, 1.82) is 0 Å². The largest absolute Gasteiger partial charge is 0.465 e. The molecule has 0 saturated carbocycles. The number of alkyl carbamates (subject to hydrolysis) is 1. The smallest absolute Gasteiger partial charge is 0.407 e. The van der Waals surface area contributed by atoms with Crippen LogP contribution in [-0.2, 0) is 28.6 Å². The van der Waals surface area contributed by atoms with Gasteiger partial charge in [0.1, 0.15) is 23.8 Å². The molecule has 10 nitrogen and oxygen atoms in total. The van der Waals surface area contributed by atoms with E-state index in [4.69, 9.17) is 14.2 Å². The monoisotopic (exact) mass is 621 g/mol. The lowest BCUT2D eigenvalue weighted by Gasteiger charge is -2.28. The van der Waals surface area contributed by atoms with Gasteiger partial charge in [-0.2, -0.15) is 0 Å². The van der Waals surface area contributed by atoms with Gasteiger partial charge in [-0.25, -0.2) is 4.79 Å². The molecule has 1 unspecified atom stereocenters. The van der Waals surface area contributed by atoms with E-state index < -0.39 is 41.3 Å². The van der Waals surface area contributed by atoms with Crippen LogP contribution in [0.15, 0.2) is 30.3 Å². The highest BCUT2D eigenvalue weighted by molar-refractivity contribution is 7.99. The highest BCUT2D eigenvalue weighted by atomic mass is 32.2. The minimum atomic E-state index is -0.673. The Morgan fingerprint density at radius 1 is 0.977 bits per heavy atom. The second kappa shape index (κ2) is 17.5. The van der Waals surface area contributed by atoms with Crippen LogP contribution < -0.4 is 10.6 Å². The van der Waals surface area contributed by atoms with Crippen molar-refractivity contribution in [3.05, 3.63) is 35.9 Å². The molecule has 1 aromatic rings. The van der Waals surface area contributed by atoms with E-state index in [2.05, 4.69) is 10.6 Å². The Kier molecular flexibility index (Phi) is 14.8. The first-order valence-electron chi connectivity index (χ1n) is 15.2. The number of thioether (sulfide) groups is 1. The van der Waals surface area contributed by atoms with E-state index in [0.717, 1.165) is 31.2 Å². The van der Waals surface area contributed by atoms with Crippen LogP contribution in [0.1, 0.15) is 91.4 Å². The van der Waals surface area contributed by atoms with Crippen molar-refractivity contribution in [3.8, 4) is 0 Å². The van der Waals surface area contributed by atoms with Gasteiger partial charge in [0.15, 0.2) is 0 Å². The SMILES string of the molecule is CCOC(=O)C(CCCCCCNC(=O)OC(C)(C)C)N[C@H]1CS[C@H](c2ccccc2)CN(CC(=O)OC(C)(C)C)C1=O. The zero-order valence-electron chi connectivity index (χ0n) is 26.9. The van der Waals surface area contributed by atoms with Crippen molar-refractivity contribution in [2.24, 2.45) is 0 Å². The van der Waals surface area contributed by atoms with Crippen molar-refractivity contribution in [1.82, 2.24) is 15.5 Å². The van der Waals surface area contributed by atoms with Gasteiger partial charge in [-0.1, -0.05) is 49.6 Å². The molecular formula is C32H51N3O7S. The molecule has 1 saturated heterocycles. The molecule has 11 heteroatoms. The maximum absolute atomic E-state index is 13.8. The fourth-order valence-electron chi connectivity index (χ4n) is 4.59. The Morgan fingerprint density at radius 2 is 1.63 bits per heavy atom. The topological polar surface area (TPSA) is 123 Å². The highest BCUT2D eigenvalue weighted by Gasteiger charge is 2.36. The van der Waals surface area contributed by atoms with E-state index in [1.807, 2.05) is 51.1 Å². The molecule has 0 aromatic heterocycles. The molecule has 3 atom stereocenters. The van der Waals surface area contributed by atoms with Gasteiger partial charge in [0.25, 0.3) is 0 Å². The first-order valence-corrected chi connectivity index (χ1v) is 16.3. The Hall–Kier alpha value is -2.79. The summed E-state index contributed by atoms with van der Waals surface area (Å²) >= 11 is 1.63. The summed E-state index contributed by atoms with van der Waals surface area (Å²) < 4.78 is 16.1. The van der Waals surface area contributed by atoms with Crippen LogP contribution in [0.4, 0.5) is 4.79 Å². The van der Waals surface area contributed by atoms with Crippen molar-refractivity contribution >= 4 is 35.7 Å². The third-order valence-corrected chi connectivity index (χ3v) is 7.78. The Labute approximate surface area is 261 Å². The standard InChI is InChI=1S/C32H51N3O7S/c1-8-40-29(38)24(18-14-9-10-15-19-33-30(39)42-32(5,6)7)34-25-22-43-26(23-16-12-11-13-17-23)20-35(28(25)37)21-27(36)41-31(2,3)4/h11-13,16-17,24-26,34H,8-10,14-15,18-22H2,1-7H3,(H,33,39)/t24?,25-,26-/m0/s1. The van der Waals surface area contributed by atoms with Gasteiger partial charge in [-0.15, -0.1) is 11.8 Å². The lowest BCUT2D eigenvalue weighted by Crippen LogP contribution is -2.54. The van der Waals surface area contributed by atoms with Gasteiger partial charge in [0.05, 0.1) is 12.6 Å². The van der Waals surface area contributed by atoms with Gasteiger partial charge < -0.3 is 24.4 Å². The molecule has 0 bridgehead atoms. The van der Waals surface area contributed by atoms with Crippen LogP contribution in [0, 0.1) is 0 Å². The second-order valence-electron chi connectivity index (χ2n) is 12.7. The molecule has 1 heterocycles. The summed E-state index contributed by atoms with van der Waals surface area (Å²) in [4.78, 5) is 52.8.